The molecular formula is C29H30F3N3O6S. The van der Waals surface area contributed by atoms with Crippen molar-refractivity contribution in [1.82, 2.24) is 0 Å². The molecule has 1 fully saturated rings. The number of halogens is 3. The molecule has 2 heterocycles. The number of anilines is 3. The molecule has 5 rings (SSSR count). The van der Waals surface area contributed by atoms with Crippen LogP contribution in [0.5, 0.6) is 11.5 Å². The van der Waals surface area contributed by atoms with Crippen LogP contribution >= 0.6 is 0 Å². The van der Waals surface area contributed by atoms with Crippen molar-refractivity contribution in [1.29, 1.82) is 0 Å². The summed E-state index contributed by atoms with van der Waals surface area (Å²) in [6, 6.07) is 16.3. The second-order valence-electron chi connectivity index (χ2n) is 10.2. The first kappa shape index (κ1) is 29.4. The average Bonchev–Trinajstić information content (AvgIpc) is 3.43. The lowest BCUT2D eigenvalue weighted by atomic mass is 10.1. The second-order valence-corrected chi connectivity index (χ2v) is 12.0. The van der Waals surface area contributed by atoms with Crippen molar-refractivity contribution in [2.24, 2.45) is 0 Å². The van der Waals surface area contributed by atoms with Crippen molar-refractivity contribution in [3.05, 3.63) is 72.3 Å². The summed E-state index contributed by atoms with van der Waals surface area (Å²) in [5.74, 6) is -0.147. The number of hydrogen-bond donors (Lipinski definition) is 2. The van der Waals surface area contributed by atoms with Gasteiger partial charge in [-0.05, 0) is 61.4 Å². The molecule has 2 aliphatic rings. The summed E-state index contributed by atoms with van der Waals surface area (Å²) in [5.41, 5.74) is 0.669. The van der Waals surface area contributed by atoms with Gasteiger partial charge in [0.2, 0.25) is 0 Å². The van der Waals surface area contributed by atoms with Crippen molar-refractivity contribution in [2.75, 3.05) is 41.3 Å². The zero-order chi connectivity index (χ0) is 30.1. The van der Waals surface area contributed by atoms with Gasteiger partial charge in [-0.2, -0.15) is 13.2 Å². The monoisotopic (exact) mass is 605 g/mol. The van der Waals surface area contributed by atoms with Crippen molar-refractivity contribution in [3.8, 4) is 11.5 Å². The van der Waals surface area contributed by atoms with Gasteiger partial charge in [-0.25, -0.2) is 8.42 Å². The normalized spacial score (nSPS) is 18.8. The third-order valence-corrected chi connectivity index (χ3v) is 9.10. The zero-order valence-electron chi connectivity index (χ0n) is 22.7. The third kappa shape index (κ3) is 6.20. The van der Waals surface area contributed by atoms with E-state index in [0.717, 1.165) is 46.0 Å². The van der Waals surface area contributed by atoms with Crippen LogP contribution in [0.4, 0.5) is 30.2 Å². The second kappa shape index (κ2) is 11.6. The number of methoxy groups -OCH3 is 1. The molecule has 2 unspecified atom stereocenters. The Balaban J connectivity index is 1.45. The van der Waals surface area contributed by atoms with E-state index in [1.54, 1.807) is 25.3 Å². The Bertz CT molecular complexity index is 1570. The van der Waals surface area contributed by atoms with Gasteiger partial charge < -0.3 is 24.8 Å². The molecule has 0 amide bonds. The summed E-state index contributed by atoms with van der Waals surface area (Å²) in [5, 5.41) is 12.6. The maximum absolute atomic E-state index is 13.8. The first-order valence-corrected chi connectivity index (χ1v) is 14.8. The Labute approximate surface area is 241 Å². The molecule has 2 N–H and O–H groups in total. The van der Waals surface area contributed by atoms with Crippen molar-refractivity contribution < 1.29 is 41.0 Å². The Hall–Kier alpha value is -4.13. The Morgan fingerprint density at radius 2 is 1.88 bits per heavy atom. The summed E-state index contributed by atoms with van der Waals surface area (Å²) in [6.45, 7) is 1.04. The van der Waals surface area contributed by atoms with E-state index in [-0.39, 0.29) is 36.9 Å². The summed E-state index contributed by atoms with van der Waals surface area (Å²) in [6.07, 6.45) is -4.97. The lowest BCUT2D eigenvalue weighted by Gasteiger charge is -2.36. The largest absolute Gasteiger partial charge is 0.495 e. The third-order valence-electron chi connectivity index (χ3n) is 7.32. The van der Waals surface area contributed by atoms with Gasteiger partial charge in [-0.3, -0.25) is 9.10 Å². The highest BCUT2D eigenvalue weighted by molar-refractivity contribution is 7.92. The highest BCUT2D eigenvalue weighted by atomic mass is 32.2. The van der Waals surface area contributed by atoms with Crippen molar-refractivity contribution in [3.63, 3.8) is 0 Å². The minimum atomic E-state index is -4.73. The minimum Gasteiger partial charge on any atom is -0.495 e. The van der Waals surface area contributed by atoms with Gasteiger partial charge >= 0.3 is 12.1 Å². The molecule has 3 aromatic rings. The number of carboxylic acids is 1. The summed E-state index contributed by atoms with van der Waals surface area (Å²) < 4.78 is 80.3. The van der Waals surface area contributed by atoms with Gasteiger partial charge in [-0.1, -0.05) is 18.2 Å². The van der Waals surface area contributed by atoms with Gasteiger partial charge in [-0.15, -0.1) is 0 Å². The molecule has 0 aliphatic carbocycles. The summed E-state index contributed by atoms with van der Waals surface area (Å²) >= 11 is 0. The molecule has 3 aromatic carbocycles. The summed E-state index contributed by atoms with van der Waals surface area (Å²) in [4.78, 5) is 12.7. The molecule has 0 bridgehead atoms. The lowest BCUT2D eigenvalue weighted by Crippen LogP contribution is -2.44. The number of rotatable bonds is 9. The van der Waals surface area contributed by atoms with Crippen molar-refractivity contribution >= 4 is 33.1 Å². The van der Waals surface area contributed by atoms with E-state index < -0.39 is 38.7 Å². The number of hydrogen-bond acceptors (Lipinski definition) is 7. The number of aliphatic carboxylic acids is 1. The van der Waals surface area contributed by atoms with Crippen LogP contribution in [0.25, 0.3) is 0 Å². The van der Waals surface area contributed by atoms with E-state index >= 15 is 0 Å². The van der Waals surface area contributed by atoms with E-state index in [1.807, 2.05) is 24.3 Å². The van der Waals surface area contributed by atoms with Gasteiger partial charge in [0.25, 0.3) is 10.0 Å². The quantitative estimate of drug-likeness (QED) is 0.342. The smallest absolute Gasteiger partial charge is 0.416 e. The van der Waals surface area contributed by atoms with Gasteiger partial charge in [0, 0.05) is 31.2 Å². The molecule has 2 aliphatic heterocycles. The van der Waals surface area contributed by atoms with E-state index in [1.165, 1.54) is 0 Å². The lowest BCUT2D eigenvalue weighted by molar-refractivity contribution is -0.138. The number of sulfonamides is 1. The maximum Gasteiger partial charge on any atom is 0.416 e. The van der Waals surface area contributed by atoms with Crippen molar-refractivity contribution in [2.45, 2.75) is 42.5 Å². The average molecular weight is 606 g/mol. The molecule has 0 aromatic heterocycles. The number of nitrogens with one attached hydrogen (secondary N) is 1. The number of carbonyl (C=O) groups is 1. The van der Waals surface area contributed by atoms with Crippen LogP contribution in [0.2, 0.25) is 0 Å². The number of fused-ring (bicyclic) bond motifs is 1. The number of carboxylic acid groups (broad SMARTS) is 1. The Kier molecular flexibility index (Phi) is 8.13. The number of ether oxygens (including phenoxy) is 2. The van der Waals surface area contributed by atoms with Crippen LogP contribution in [0.15, 0.2) is 71.6 Å². The fraction of sp³-hybridized carbons (Fsp3) is 0.345. The number of nitrogens with zero attached hydrogens (tertiary/aromatic N) is 2. The van der Waals surface area contributed by atoms with Gasteiger partial charge in [0.1, 0.15) is 17.6 Å². The van der Waals surface area contributed by atoms with Crippen LogP contribution in [0.3, 0.4) is 0 Å². The molecule has 13 heteroatoms. The fourth-order valence-corrected chi connectivity index (χ4v) is 6.76. The predicted octanol–water partition coefficient (Wildman–Crippen LogP) is 5.23. The first-order chi connectivity index (χ1) is 20.0. The molecule has 9 nitrogen and oxygen atoms in total. The zero-order valence-corrected chi connectivity index (χ0v) is 23.5. The van der Waals surface area contributed by atoms with Gasteiger partial charge in [0.05, 0.1) is 35.5 Å². The fourth-order valence-electron chi connectivity index (χ4n) is 5.22. The molecule has 224 valence electrons. The summed E-state index contributed by atoms with van der Waals surface area (Å²) in [7, 11) is -2.87. The number of alkyl halides is 3. The van der Waals surface area contributed by atoms with Crippen LogP contribution in [-0.4, -0.2) is 58.4 Å². The molecule has 0 spiro atoms. The predicted molar refractivity (Wildman–Crippen MR) is 151 cm³/mol. The topological polar surface area (TPSA) is 108 Å². The van der Waals surface area contributed by atoms with Crippen LogP contribution in [0.1, 0.15) is 24.8 Å². The van der Waals surface area contributed by atoms with E-state index in [9.17, 15) is 26.4 Å². The Morgan fingerprint density at radius 1 is 1.10 bits per heavy atom. The van der Waals surface area contributed by atoms with Gasteiger partial charge in [0.15, 0.2) is 0 Å². The van der Waals surface area contributed by atoms with E-state index in [2.05, 4.69) is 10.2 Å². The maximum atomic E-state index is 13.8. The SMILES string of the molecule is COc1ccccc1NC1CCN(c2ccc3c(c2)N(S(=O)(=O)c2cccc(C(F)(F)F)c2)CC(CCC(=O)O)O3)C1. The standard InChI is InChI=1S/C29H30F3N3O6S/c1-40-26-8-3-2-7-24(26)33-20-13-14-34(17-20)21-9-11-27-25(16-21)35(18-22(41-27)10-12-28(36)37)42(38,39)23-6-4-5-19(15-23)29(30,31)32/h2-9,11,15-16,20,22,33H,10,12-14,17-18H2,1H3,(H,36,37). The van der Waals surface area contributed by atoms with E-state index in [4.69, 9.17) is 14.6 Å². The highest BCUT2D eigenvalue weighted by Crippen LogP contribution is 2.42. The molecule has 0 radical (unpaired) electrons. The van der Waals surface area contributed by atoms with Crippen LogP contribution in [0, 0.1) is 0 Å². The highest BCUT2D eigenvalue weighted by Gasteiger charge is 2.38. The van der Waals surface area contributed by atoms with Crippen LogP contribution in [-0.2, 0) is 21.0 Å². The minimum absolute atomic E-state index is 0.0214. The van der Waals surface area contributed by atoms with Crippen LogP contribution < -0.4 is 24.0 Å². The number of para-hydroxylation sites is 2. The molecule has 1 saturated heterocycles. The van der Waals surface area contributed by atoms with E-state index in [0.29, 0.717) is 19.2 Å². The number of benzene rings is 3. The molecule has 2 atom stereocenters. The molecule has 0 saturated carbocycles. The Morgan fingerprint density at radius 3 is 2.62 bits per heavy atom. The molecular weight excluding hydrogens is 575 g/mol. The first-order valence-electron chi connectivity index (χ1n) is 13.3. The molecule has 42 heavy (non-hydrogen) atoms.